The number of hydrogen-bond acceptors (Lipinski definition) is 3. The third kappa shape index (κ3) is 2.76. The van der Waals surface area contributed by atoms with Crippen molar-refractivity contribution in [3.63, 3.8) is 0 Å². The highest BCUT2D eigenvalue weighted by molar-refractivity contribution is 5.16. The highest BCUT2D eigenvalue weighted by atomic mass is 15.3. The topological polar surface area (TPSA) is 56.7 Å². The lowest BCUT2D eigenvalue weighted by Gasteiger charge is -2.06. The first-order chi connectivity index (χ1) is 8.76. The Bertz CT molecular complexity index is 499. The van der Waals surface area contributed by atoms with E-state index in [0.29, 0.717) is 6.54 Å². The molecule has 2 N–H and O–H groups in total. The van der Waals surface area contributed by atoms with Gasteiger partial charge in [-0.15, -0.1) is 0 Å². The minimum atomic E-state index is 0.537. The zero-order valence-electron chi connectivity index (χ0n) is 11.1. The number of aryl methyl sites for hydroxylation is 2. The van der Waals surface area contributed by atoms with Crippen LogP contribution in [0.1, 0.15) is 36.5 Å². The van der Waals surface area contributed by atoms with E-state index in [1.807, 2.05) is 23.0 Å². The van der Waals surface area contributed by atoms with Crippen LogP contribution in [0.3, 0.4) is 0 Å². The van der Waals surface area contributed by atoms with Crippen LogP contribution < -0.4 is 5.73 Å². The van der Waals surface area contributed by atoms with Gasteiger partial charge in [0.1, 0.15) is 0 Å². The van der Waals surface area contributed by atoms with Gasteiger partial charge in [0.2, 0.25) is 0 Å². The van der Waals surface area contributed by atoms with E-state index in [4.69, 9.17) is 5.73 Å². The van der Waals surface area contributed by atoms with Crippen LogP contribution in [-0.4, -0.2) is 14.8 Å². The molecule has 0 spiro atoms. The average Bonchev–Trinajstić information content (AvgIpc) is 2.82. The van der Waals surface area contributed by atoms with Gasteiger partial charge in [0, 0.05) is 18.4 Å². The summed E-state index contributed by atoms with van der Waals surface area (Å²) in [5.41, 5.74) is 10.0. The van der Waals surface area contributed by atoms with E-state index in [9.17, 15) is 0 Å². The van der Waals surface area contributed by atoms with Crippen molar-refractivity contribution in [2.75, 3.05) is 0 Å². The van der Waals surface area contributed by atoms with Gasteiger partial charge in [0.25, 0.3) is 0 Å². The lowest BCUT2D eigenvalue weighted by Crippen LogP contribution is -2.08. The van der Waals surface area contributed by atoms with E-state index in [-0.39, 0.29) is 0 Å². The smallest absolute Gasteiger partial charge is 0.0834 e. The van der Waals surface area contributed by atoms with Crippen molar-refractivity contribution < 1.29 is 0 Å². The normalized spacial score (nSPS) is 10.8. The number of rotatable bonds is 5. The van der Waals surface area contributed by atoms with Crippen molar-refractivity contribution in [1.29, 1.82) is 0 Å². The average molecular weight is 244 g/mol. The van der Waals surface area contributed by atoms with Crippen LogP contribution in [0, 0.1) is 0 Å². The van der Waals surface area contributed by atoms with Gasteiger partial charge in [-0.05, 0) is 30.5 Å². The summed E-state index contributed by atoms with van der Waals surface area (Å²) in [6, 6.07) is 6.22. The van der Waals surface area contributed by atoms with Crippen LogP contribution in [0.5, 0.6) is 0 Å². The van der Waals surface area contributed by atoms with Gasteiger partial charge in [0.05, 0.1) is 17.9 Å². The summed E-state index contributed by atoms with van der Waals surface area (Å²) in [5, 5.41) is 4.59. The van der Waals surface area contributed by atoms with Crippen LogP contribution in [0.4, 0.5) is 0 Å². The zero-order valence-corrected chi connectivity index (χ0v) is 11.1. The third-order valence-electron chi connectivity index (χ3n) is 3.07. The predicted octanol–water partition coefficient (Wildman–Crippen LogP) is 1.91. The first-order valence-corrected chi connectivity index (χ1v) is 6.46. The quantitative estimate of drug-likeness (QED) is 0.874. The molecule has 0 aliphatic heterocycles. The van der Waals surface area contributed by atoms with Gasteiger partial charge in [-0.3, -0.25) is 9.67 Å². The van der Waals surface area contributed by atoms with Crippen molar-refractivity contribution in [2.24, 2.45) is 5.73 Å². The maximum Gasteiger partial charge on any atom is 0.0834 e. The molecule has 0 aromatic carbocycles. The van der Waals surface area contributed by atoms with Gasteiger partial charge in [0.15, 0.2) is 0 Å². The molecule has 0 saturated heterocycles. The van der Waals surface area contributed by atoms with Gasteiger partial charge in [-0.2, -0.15) is 5.10 Å². The molecule has 0 atom stereocenters. The zero-order chi connectivity index (χ0) is 13.0. The third-order valence-corrected chi connectivity index (χ3v) is 3.07. The summed E-state index contributed by atoms with van der Waals surface area (Å²) in [6.07, 6.45) is 3.80. The van der Waals surface area contributed by atoms with Crippen LogP contribution in [0.15, 0.2) is 24.4 Å². The molecule has 18 heavy (non-hydrogen) atoms. The molecule has 2 aromatic heterocycles. The fourth-order valence-electron chi connectivity index (χ4n) is 1.93. The molecule has 2 heterocycles. The SMILES string of the molecule is CCc1cc(CC)n(Cc2ccc(CN)cn2)n1. The molecule has 0 aliphatic carbocycles. The largest absolute Gasteiger partial charge is 0.326 e. The standard InChI is InChI=1S/C14H20N4/c1-3-12-7-14(4-2)18(17-12)10-13-6-5-11(8-15)9-16-13/h5-7,9H,3-4,8,10,15H2,1-2H3. The fraction of sp³-hybridized carbons (Fsp3) is 0.429. The fourth-order valence-corrected chi connectivity index (χ4v) is 1.93. The molecule has 0 bridgehead atoms. The molecule has 0 fully saturated rings. The Kier molecular flexibility index (Phi) is 4.10. The van der Waals surface area contributed by atoms with Gasteiger partial charge in [-0.1, -0.05) is 19.9 Å². The highest BCUT2D eigenvalue weighted by Gasteiger charge is 2.06. The Hall–Kier alpha value is -1.68. The number of nitrogens with two attached hydrogens (primary N) is 1. The molecule has 0 saturated carbocycles. The molecule has 2 aromatic rings. The number of hydrogen-bond donors (Lipinski definition) is 1. The molecule has 4 nitrogen and oxygen atoms in total. The Labute approximate surface area is 108 Å². The monoisotopic (exact) mass is 244 g/mol. The molecule has 4 heteroatoms. The lowest BCUT2D eigenvalue weighted by molar-refractivity contribution is 0.629. The van der Waals surface area contributed by atoms with Crippen molar-refractivity contribution in [3.8, 4) is 0 Å². The lowest BCUT2D eigenvalue weighted by atomic mass is 10.2. The molecule has 0 radical (unpaired) electrons. The summed E-state index contributed by atoms with van der Waals surface area (Å²) in [7, 11) is 0. The molecule has 96 valence electrons. The summed E-state index contributed by atoms with van der Waals surface area (Å²) in [5.74, 6) is 0. The minimum absolute atomic E-state index is 0.537. The molecule has 0 amide bonds. The van der Waals surface area contributed by atoms with Crippen LogP contribution in [-0.2, 0) is 25.9 Å². The number of pyridine rings is 1. The van der Waals surface area contributed by atoms with Crippen LogP contribution in [0.2, 0.25) is 0 Å². The summed E-state index contributed by atoms with van der Waals surface area (Å²) in [6.45, 7) is 5.54. The molecule has 0 aliphatic rings. The molecule has 0 unspecified atom stereocenters. The van der Waals surface area contributed by atoms with E-state index < -0.39 is 0 Å². The predicted molar refractivity (Wildman–Crippen MR) is 72.2 cm³/mol. The van der Waals surface area contributed by atoms with Gasteiger partial charge in [-0.25, -0.2) is 0 Å². The van der Waals surface area contributed by atoms with Gasteiger partial charge < -0.3 is 5.73 Å². The second-order valence-electron chi connectivity index (χ2n) is 4.35. The van der Waals surface area contributed by atoms with Crippen molar-refractivity contribution in [2.45, 2.75) is 39.8 Å². The van der Waals surface area contributed by atoms with E-state index in [0.717, 1.165) is 36.3 Å². The molecule has 2 rings (SSSR count). The Morgan fingerprint density at radius 1 is 1.17 bits per heavy atom. The van der Waals surface area contributed by atoms with Crippen LogP contribution >= 0.6 is 0 Å². The maximum absolute atomic E-state index is 5.56. The number of nitrogens with zero attached hydrogens (tertiary/aromatic N) is 3. The van der Waals surface area contributed by atoms with Crippen molar-refractivity contribution in [3.05, 3.63) is 47.0 Å². The molecular weight excluding hydrogens is 224 g/mol. The maximum atomic E-state index is 5.56. The summed E-state index contributed by atoms with van der Waals surface area (Å²) in [4.78, 5) is 4.41. The van der Waals surface area contributed by atoms with E-state index in [1.165, 1.54) is 5.69 Å². The highest BCUT2D eigenvalue weighted by Crippen LogP contribution is 2.09. The second-order valence-corrected chi connectivity index (χ2v) is 4.35. The van der Waals surface area contributed by atoms with Crippen molar-refractivity contribution in [1.82, 2.24) is 14.8 Å². The van der Waals surface area contributed by atoms with E-state index in [1.54, 1.807) is 0 Å². The van der Waals surface area contributed by atoms with E-state index in [2.05, 4.69) is 30.0 Å². The second kappa shape index (κ2) is 5.78. The number of aromatic nitrogens is 3. The van der Waals surface area contributed by atoms with Crippen LogP contribution in [0.25, 0.3) is 0 Å². The van der Waals surface area contributed by atoms with Gasteiger partial charge >= 0.3 is 0 Å². The Morgan fingerprint density at radius 3 is 2.56 bits per heavy atom. The molecular formula is C14H20N4. The minimum Gasteiger partial charge on any atom is -0.326 e. The Balaban J connectivity index is 2.18. The summed E-state index contributed by atoms with van der Waals surface area (Å²) < 4.78 is 2.04. The first-order valence-electron chi connectivity index (χ1n) is 6.46. The first kappa shape index (κ1) is 12.8. The van der Waals surface area contributed by atoms with Crippen molar-refractivity contribution >= 4 is 0 Å². The Morgan fingerprint density at radius 2 is 2.00 bits per heavy atom. The summed E-state index contributed by atoms with van der Waals surface area (Å²) >= 11 is 0. The van der Waals surface area contributed by atoms with E-state index >= 15 is 0 Å².